The molecule has 80 valence electrons. The van der Waals surface area contributed by atoms with Crippen LogP contribution < -0.4 is 0 Å². The quantitative estimate of drug-likeness (QED) is 0.468. The van der Waals surface area contributed by atoms with Gasteiger partial charge in [0.05, 0.1) is 0 Å². The number of hydrogen-bond donors (Lipinski definition) is 0. The summed E-state index contributed by atoms with van der Waals surface area (Å²) < 4.78 is 5.42. The number of ether oxygens (including phenoxy) is 1. The normalized spacial score (nSPS) is 13.6. The Kier molecular flexibility index (Phi) is 9.32. The van der Waals surface area contributed by atoms with Gasteiger partial charge in [-0.3, -0.25) is 0 Å². The Morgan fingerprint density at radius 2 is 1.92 bits per heavy atom. The number of alkyl halides is 1. The summed E-state index contributed by atoms with van der Waals surface area (Å²) in [7, 11) is 0. The molecular weight excluding hydrogens is 228 g/mol. The second-order valence-corrected chi connectivity index (χ2v) is 5.28. The fourth-order valence-electron chi connectivity index (χ4n) is 1.28. The zero-order valence-corrected chi connectivity index (χ0v) is 10.8. The van der Waals surface area contributed by atoms with E-state index in [1.807, 2.05) is 0 Å². The van der Waals surface area contributed by atoms with Crippen LogP contribution in [0.1, 0.15) is 46.5 Å². The van der Waals surface area contributed by atoms with Crippen LogP contribution in [0.4, 0.5) is 0 Å². The van der Waals surface area contributed by atoms with Crippen molar-refractivity contribution in [1.82, 2.24) is 0 Å². The van der Waals surface area contributed by atoms with Gasteiger partial charge in [-0.05, 0) is 31.6 Å². The topological polar surface area (TPSA) is 9.23 Å². The van der Waals surface area contributed by atoms with Crippen LogP contribution in [-0.4, -0.2) is 18.0 Å². The molecule has 0 radical (unpaired) electrons. The van der Waals surface area contributed by atoms with Crippen LogP contribution in [0.25, 0.3) is 0 Å². The minimum Gasteiger partial charge on any atom is -0.381 e. The van der Waals surface area contributed by atoms with Crippen molar-refractivity contribution in [1.29, 1.82) is 0 Å². The molecule has 0 aromatic rings. The van der Waals surface area contributed by atoms with Crippen molar-refractivity contribution in [2.24, 2.45) is 5.92 Å². The highest BCUT2D eigenvalue weighted by Crippen LogP contribution is 2.17. The molecule has 0 aliphatic carbocycles. The highest BCUT2D eigenvalue weighted by atomic mass is 79.9. The molecule has 1 nitrogen and oxygen atoms in total. The summed E-state index contributed by atoms with van der Waals surface area (Å²) in [5, 5.41) is 0. The smallest absolute Gasteiger partial charge is 0.0466 e. The molecule has 0 spiro atoms. The molecule has 0 bridgehead atoms. The molecule has 0 heterocycles. The molecule has 0 saturated heterocycles. The van der Waals surface area contributed by atoms with Gasteiger partial charge in [0.25, 0.3) is 0 Å². The van der Waals surface area contributed by atoms with E-state index < -0.39 is 0 Å². The van der Waals surface area contributed by atoms with Crippen LogP contribution in [0.5, 0.6) is 0 Å². The Bertz CT molecular complexity index is 104. The minimum absolute atomic E-state index is 0.678. The van der Waals surface area contributed by atoms with E-state index in [-0.39, 0.29) is 0 Å². The van der Waals surface area contributed by atoms with E-state index in [0.29, 0.717) is 4.83 Å². The van der Waals surface area contributed by atoms with E-state index in [9.17, 15) is 0 Å². The monoisotopic (exact) mass is 250 g/mol. The summed E-state index contributed by atoms with van der Waals surface area (Å²) in [5.74, 6) is 0.793. The summed E-state index contributed by atoms with van der Waals surface area (Å²) in [6.07, 6.45) is 4.82. The van der Waals surface area contributed by atoms with Crippen LogP contribution in [0.2, 0.25) is 0 Å². The van der Waals surface area contributed by atoms with Gasteiger partial charge >= 0.3 is 0 Å². The maximum absolute atomic E-state index is 5.42. The second kappa shape index (κ2) is 9.01. The van der Waals surface area contributed by atoms with Crippen LogP contribution in [0.3, 0.4) is 0 Å². The first-order valence-electron chi connectivity index (χ1n) is 5.38. The first kappa shape index (κ1) is 13.4. The third-order valence-corrected chi connectivity index (χ3v) is 2.71. The Labute approximate surface area is 91.4 Å². The molecule has 2 heteroatoms. The van der Waals surface area contributed by atoms with E-state index in [2.05, 4.69) is 36.7 Å². The number of rotatable bonds is 8. The van der Waals surface area contributed by atoms with Crippen molar-refractivity contribution in [2.45, 2.75) is 51.3 Å². The molecule has 0 aromatic heterocycles. The van der Waals surface area contributed by atoms with E-state index in [0.717, 1.165) is 25.6 Å². The lowest BCUT2D eigenvalue weighted by Crippen LogP contribution is -2.05. The molecule has 0 amide bonds. The predicted octanol–water partition coefficient (Wildman–Crippen LogP) is 4.00. The number of hydrogen-bond acceptors (Lipinski definition) is 1. The van der Waals surface area contributed by atoms with Gasteiger partial charge in [-0.2, -0.15) is 0 Å². The SMILES string of the molecule is CCCOCCCC(Br)CC(C)C. The van der Waals surface area contributed by atoms with Gasteiger partial charge in [0.15, 0.2) is 0 Å². The van der Waals surface area contributed by atoms with Crippen molar-refractivity contribution < 1.29 is 4.74 Å². The lowest BCUT2D eigenvalue weighted by Gasteiger charge is -2.11. The molecule has 0 aromatic carbocycles. The predicted molar refractivity (Wildman–Crippen MR) is 62.5 cm³/mol. The Balaban J connectivity index is 3.12. The lowest BCUT2D eigenvalue weighted by atomic mass is 10.1. The highest BCUT2D eigenvalue weighted by molar-refractivity contribution is 9.09. The summed E-state index contributed by atoms with van der Waals surface area (Å²) in [5.41, 5.74) is 0. The van der Waals surface area contributed by atoms with Crippen LogP contribution in [0.15, 0.2) is 0 Å². The van der Waals surface area contributed by atoms with Crippen molar-refractivity contribution in [3.05, 3.63) is 0 Å². The van der Waals surface area contributed by atoms with Crippen molar-refractivity contribution in [3.8, 4) is 0 Å². The number of halogens is 1. The largest absolute Gasteiger partial charge is 0.381 e. The van der Waals surface area contributed by atoms with Gasteiger partial charge in [-0.25, -0.2) is 0 Å². The van der Waals surface area contributed by atoms with Crippen LogP contribution in [-0.2, 0) is 4.74 Å². The molecule has 0 N–H and O–H groups in total. The first-order valence-corrected chi connectivity index (χ1v) is 6.30. The Morgan fingerprint density at radius 1 is 1.23 bits per heavy atom. The van der Waals surface area contributed by atoms with Crippen molar-refractivity contribution in [2.75, 3.05) is 13.2 Å². The van der Waals surface area contributed by atoms with E-state index >= 15 is 0 Å². The fraction of sp³-hybridized carbons (Fsp3) is 1.00. The third-order valence-electron chi connectivity index (χ3n) is 1.88. The Hall–Kier alpha value is 0.440. The average molecular weight is 251 g/mol. The molecule has 13 heavy (non-hydrogen) atoms. The van der Waals surface area contributed by atoms with Gasteiger partial charge in [0, 0.05) is 18.0 Å². The van der Waals surface area contributed by atoms with Crippen LogP contribution in [0, 0.1) is 5.92 Å². The molecule has 0 fully saturated rings. The van der Waals surface area contributed by atoms with Gasteiger partial charge in [0.2, 0.25) is 0 Å². The van der Waals surface area contributed by atoms with E-state index in [1.54, 1.807) is 0 Å². The highest BCUT2D eigenvalue weighted by Gasteiger charge is 2.05. The average Bonchev–Trinajstić information content (AvgIpc) is 2.02. The third kappa shape index (κ3) is 10.4. The Morgan fingerprint density at radius 3 is 2.46 bits per heavy atom. The first-order chi connectivity index (χ1) is 6.16. The van der Waals surface area contributed by atoms with Gasteiger partial charge in [-0.15, -0.1) is 0 Å². The zero-order chi connectivity index (χ0) is 10.1. The summed E-state index contributed by atoms with van der Waals surface area (Å²) >= 11 is 3.69. The maximum Gasteiger partial charge on any atom is 0.0466 e. The molecule has 0 aliphatic rings. The summed E-state index contributed by atoms with van der Waals surface area (Å²) in [4.78, 5) is 0.678. The molecule has 0 aliphatic heterocycles. The van der Waals surface area contributed by atoms with Crippen molar-refractivity contribution >= 4 is 15.9 Å². The van der Waals surface area contributed by atoms with Gasteiger partial charge in [0.1, 0.15) is 0 Å². The molecule has 1 atom stereocenters. The van der Waals surface area contributed by atoms with Gasteiger partial charge in [-0.1, -0.05) is 36.7 Å². The zero-order valence-electron chi connectivity index (χ0n) is 9.18. The standard InChI is InChI=1S/C11H23BrO/c1-4-7-13-8-5-6-11(12)9-10(2)3/h10-11H,4-9H2,1-3H3. The van der Waals surface area contributed by atoms with E-state index in [4.69, 9.17) is 4.74 Å². The van der Waals surface area contributed by atoms with Gasteiger partial charge < -0.3 is 4.74 Å². The van der Waals surface area contributed by atoms with Crippen LogP contribution >= 0.6 is 15.9 Å². The molecule has 1 unspecified atom stereocenters. The fourth-order valence-corrected chi connectivity index (χ4v) is 2.35. The lowest BCUT2D eigenvalue weighted by molar-refractivity contribution is 0.130. The molecule has 0 rings (SSSR count). The minimum atomic E-state index is 0.678. The van der Waals surface area contributed by atoms with Crippen molar-refractivity contribution in [3.63, 3.8) is 0 Å². The summed E-state index contributed by atoms with van der Waals surface area (Å²) in [6.45, 7) is 8.51. The molecule has 0 saturated carbocycles. The second-order valence-electron chi connectivity index (χ2n) is 3.98. The molecular formula is C11H23BrO. The van der Waals surface area contributed by atoms with E-state index in [1.165, 1.54) is 19.3 Å². The summed E-state index contributed by atoms with van der Waals surface area (Å²) in [6, 6.07) is 0. The maximum atomic E-state index is 5.42.